The molecule has 0 spiro atoms. The summed E-state index contributed by atoms with van der Waals surface area (Å²) in [5, 5.41) is 0.584. The smallest absolute Gasteiger partial charge is 0.298 e. The number of nitrogens with zero attached hydrogens (tertiary/aromatic N) is 5. The molecular weight excluding hydrogens is 406 g/mol. The number of fused-ring (bicyclic) bond motifs is 3. The predicted molar refractivity (Wildman–Crippen MR) is 116 cm³/mol. The Morgan fingerprint density at radius 1 is 1.13 bits per heavy atom. The third kappa shape index (κ3) is 2.60. The van der Waals surface area contributed by atoms with Gasteiger partial charge in [-0.1, -0.05) is 17.7 Å². The second-order valence-electron chi connectivity index (χ2n) is 7.66. The summed E-state index contributed by atoms with van der Waals surface area (Å²) in [7, 11) is 1.55. The molecule has 3 heterocycles. The molecule has 0 saturated carbocycles. The standard InChI is InChI=1S/C21H22ClN5O3/c1-10-7-8-15(22)9-16(10)25-11(2)12(3)26-17-18(23-20(25)26)24(6)21(30)27(19(17)29)13(4)14(5)28/h7-9,13H,1-6H3/t13-/m1/s1. The number of halogens is 1. The zero-order valence-corrected chi connectivity index (χ0v) is 18.4. The van der Waals surface area contributed by atoms with Gasteiger partial charge in [0.1, 0.15) is 0 Å². The molecule has 8 nitrogen and oxygen atoms in total. The van der Waals surface area contributed by atoms with Gasteiger partial charge in [0.05, 0.1) is 11.7 Å². The second-order valence-corrected chi connectivity index (χ2v) is 8.10. The number of aryl methyl sites for hydroxylation is 3. The highest BCUT2D eigenvalue weighted by atomic mass is 35.5. The van der Waals surface area contributed by atoms with Crippen molar-refractivity contribution in [2.24, 2.45) is 7.05 Å². The molecule has 3 aromatic heterocycles. The maximum atomic E-state index is 13.4. The van der Waals surface area contributed by atoms with Crippen molar-refractivity contribution in [2.45, 2.75) is 40.7 Å². The number of benzene rings is 1. The fraction of sp³-hybridized carbons (Fsp3) is 0.333. The monoisotopic (exact) mass is 427 g/mol. The van der Waals surface area contributed by atoms with E-state index in [1.807, 2.05) is 43.5 Å². The van der Waals surface area contributed by atoms with E-state index in [4.69, 9.17) is 11.6 Å². The van der Waals surface area contributed by atoms with Crippen molar-refractivity contribution in [3.8, 4) is 5.69 Å². The first-order valence-corrected chi connectivity index (χ1v) is 9.92. The van der Waals surface area contributed by atoms with Gasteiger partial charge in [0.25, 0.3) is 5.56 Å². The van der Waals surface area contributed by atoms with Crippen LogP contribution in [0.1, 0.15) is 36.8 Å². The van der Waals surface area contributed by atoms with E-state index in [9.17, 15) is 14.4 Å². The van der Waals surface area contributed by atoms with Gasteiger partial charge in [-0.05, 0) is 52.3 Å². The van der Waals surface area contributed by atoms with Crippen molar-refractivity contribution in [1.29, 1.82) is 0 Å². The maximum Gasteiger partial charge on any atom is 0.333 e. The summed E-state index contributed by atoms with van der Waals surface area (Å²) in [6.45, 7) is 8.71. The van der Waals surface area contributed by atoms with Crippen LogP contribution < -0.4 is 11.2 Å². The average molecular weight is 428 g/mol. The van der Waals surface area contributed by atoms with Crippen LogP contribution in [0.5, 0.6) is 0 Å². The number of ketones is 1. The number of imidazole rings is 2. The summed E-state index contributed by atoms with van der Waals surface area (Å²) < 4.78 is 5.98. The van der Waals surface area contributed by atoms with Crippen molar-refractivity contribution >= 4 is 34.3 Å². The quantitative estimate of drug-likeness (QED) is 0.503. The van der Waals surface area contributed by atoms with Gasteiger partial charge >= 0.3 is 5.69 Å². The van der Waals surface area contributed by atoms with E-state index in [2.05, 4.69) is 4.98 Å². The topological polar surface area (TPSA) is 83.3 Å². The van der Waals surface area contributed by atoms with Gasteiger partial charge in [-0.2, -0.15) is 4.98 Å². The summed E-state index contributed by atoms with van der Waals surface area (Å²) in [5.41, 5.74) is 2.96. The molecule has 1 aromatic carbocycles. The van der Waals surface area contributed by atoms with Gasteiger partial charge in [0, 0.05) is 23.5 Å². The van der Waals surface area contributed by atoms with Gasteiger partial charge in [-0.15, -0.1) is 0 Å². The summed E-state index contributed by atoms with van der Waals surface area (Å²) in [6.07, 6.45) is 0. The lowest BCUT2D eigenvalue weighted by Gasteiger charge is -2.13. The van der Waals surface area contributed by atoms with E-state index in [0.29, 0.717) is 10.8 Å². The van der Waals surface area contributed by atoms with Gasteiger partial charge in [0.2, 0.25) is 5.78 Å². The van der Waals surface area contributed by atoms with Gasteiger partial charge < -0.3 is 0 Å². The van der Waals surface area contributed by atoms with E-state index in [1.165, 1.54) is 11.5 Å². The number of carbonyl (C=O) groups is 1. The minimum Gasteiger partial charge on any atom is -0.298 e. The minimum absolute atomic E-state index is 0.263. The lowest BCUT2D eigenvalue weighted by Crippen LogP contribution is -2.42. The van der Waals surface area contributed by atoms with Crippen LogP contribution in [0.15, 0.2) is 27.8 Å². The number of aromatic nitrogens is 5. The zero-order valence-electron chi connectivity index (χ0n) is 17.6. The highest BCUT2D eigenvalue weighted by Gasteiger charge is 2.26. The Hall–Kier alpha value is -3.13. The normalized spacial score (nSPS) is 12.8. The Balaban J connectivity index is 2.23. The van der Waals surface area contributed by atoms with Crippen molar-refractivity contribution in [2.75, 3.05) is 0 Å². The fourth-order valence-corrected chi connectivity index (χ4v) is 4.02. The summed E-state index contributed by atoms with van der Waals surface area (Å²) in [4.78, 5) is 42.8. The maximum absolute atomic E-state index is 13.4. The molecule has 0 fully saturated rings. The summed E-state index contributed by atoms with van der Waals surface area (Å²) >= 11 is 6.24. The van der Waals surface area contributed by atoms with Gasteiger partial charge in [-0.25, -0.2) is 9.36 Å². The first-order chi connectivity index (χ1) is 14.1. The highest BCUT2D eigenvalue weighted by Crippen LogP contribution is 2.28. The summed E-state index contributed by atoms with van der Waals surface area (Å²) in [5.74, 6) is 0.236. The van der Waals surface area contributed by atoms with Crippen LogP contribution in [0.4, 0.5) is 0 Å². The molecule has 0 aliphatic rings. The number of hydrogen-bond acceptors (Lipinski definition) is 4. The Bertz CT molecular complexity index is 1490. The SMILES string of the molecule is CC(=O)[C@@H](C)n1c(=O)c2c(nc3n(-c4cc(Cl)ccc4C)c(C)c(C)n23)n(C)c1=O. The molecule has 4 aromatic rings. The molecule has 4 rings (SSSR count). The first-order valence-electron chi connectivity index (χ1n) is 9.54. The van der Waals surface area contributed by atoms with E-state index >= 15 is 0 Å². The molecule has 0 amide bonds. The van der Waals surface area contributed by atoms with Crippen molar-refractivity contribution < 1.29 is 4.79 Å². The molecular formula is C21H22ClN5O3. The fourth-order valence-electron chi connectivity index (χ4n) is 3.85. The molecule has 0 bridgehead atoms. The number of Topliss-reactive ketones (excluding diaryl/α,β-unsaturated/α-hetero) is 1. The molecule has 30 heavy (non-hydrogen) atoms. The van der Waals surface area contributed by atoms with E-state index < -0.39 is 17.3 Å². The molecule has 0 aliphatic carbocycles. The molecule has 0 saturated heterocycles. The van der Waals surface area contributed by atoms with Crippen LogP contribution >= 0.6 is 11.6 Å². The van der Waals surface area contributed by atoms with Crippen molar-refractivity contribution in [3.05, 3.63) is 61.0 Å². The molecule has 0 aliphatic heterocycles. The van der Waals surface area contributed by atoms with E-state index in [1.54, 1.807) is 18.4 Å². The van der Waals surface area contributed by atoms with Crippen LogP contribution in [-0.2, 0) is 11.8 Å². The Labute approximate surface area is 176 Å². The first kappa shape index (κ1) is 20.2. The van der Waals surface area contributed by atoms with E-state index in [-0.39, 0.29) is 16.9 Å². The lowest BCUT2D eigenvalue weighted by atomic mass is 10.2. The average Bonchev–Trinajstić information content (AvgIpc) is 3.18. The van der Waals surface area contributed by atoms with Crippen LogP contribution in [0.2, 0.25) is 5.02 Å². The Morgan fingerprint density at radius 3 is 2.43 bits per heavy atom. The van der Waals surface area contributed by atoms with Gasteiger partial charge in [-0.3, -0.25) is 23.1 Å². The van der Waals surface area contributed by atoms with E-state index in [0.717, 1.165) is 27.2 Å². The molecule has 1 atom stereocenters. The van der Waals surface area contributed by atoms with Crippen molar-refractivity contribution in [3.63, 3.8) is 0 Å². The molecule has 156 valence electrons. The predicted octanol–water partition coefficient (Wildman–Crippen LogP) is 2.87. The van der Waals surface area contributed by atoms with Crippen LogP contribution in [0, 0.1) is 20.8 Å². The molecule has 9 heteroatoms. The molecule has 0 N–H and O–H groups in total. The van der Waals surface area contributed by atoms with Crippen LogP contribution in [0.3, 0.4) is 0 Å². The Morgan fingerprint density at radius 2 is 1.80 bits per heavy atom. The highest BCUT2D eigenvalue weighted by molar-refractivity contribution is 6.30. The van der Waals surface area contributed by atoms with Crippen molar-refractivity contribution in [1.82, 2.24) is 23.1 Å². The third-order valence-electron chi connectivity index (χ3n) is 5.86. The number of hydrogen-bond donors (Lipinski definition) is 0. The van der Waals surface area contributed by atoms with Crippen LogP contribution in [0.25, 0.3) is 22.6 Å². The minimum atomic E-state index is -0.871. The second kappa shape index (κ2) is 6.70. The van der Waals surface area contributed by atoms with Crippen LogP contribution in [-0.4, -0.2) is 28.9 Å². The lowest BCUT2D eigenvalue weighted by molar-refractivity contribution is -0.119. The molecule has 0 radical (unpaired) electrons. The largest absolute Gasteiger partial charge is 0.333 e. The number of carbonyl (C=O) groups excluding carboxylic acids is 1. The zero-order chi connectivity index (χ0) is 22.1. The summed E-state index contributed by atoms with van der Waals surface area (Å²) in [6, 6.07) is 4.71. The van der Waals surface area contributed by atoms with Gasteiger partial charge in [0.15, 0.2) is 16.9 Å². The Kier molecular flexibility index (Phi) is 4.50. The third-order valence-corrected chi connectivity index (χ3v) is 6.09. The molecule has 0 unspecified atom stereocenters. The number of rotatable bonds is 3.